The molecule has 0 unspecified atom stereocenters. The molecular formula is C12H14O2. The highest BCUT2D eigenvalue weighted by molar-refractivity contribution is 5.79. The number of rotatable bonds is 4. The first-order valence-corrected chi connectivity index (χ1v) is 4.95. The van der Waals surface area contributed by atoms with Crippen molar-refractivity contribution >= 4 is 6.29 Å². The molecule has 2 heteroatoms. The van der Waals surface area contributed by atoms with Crippen molar-refractivity contribution in [2.45, 2.75) is 19.3 Å². The van der Waals surface area contributed by atoms with Gasteiger partial charge in [0.25, 0.3) is 0 Å². The molecule has 0 atom stereocenters. The van der Waals surface area contributed by atoms with Crippen molar-refractivity contribution in [3.63, 3.8) is 0 Å². The van der Waals surface area contributed by atoms with Gasteiger partial charge >= 0.3 is 0 Å². The van der Waals surface area contributed by atoms with Crippen LogP contribution in [0.5, 0.6) is 5.75 Å². The van der Waals surface area contributed by atoms with E-state index in [0.717, 1.165) is 18.6 Å². The molecule has 0 aromatic heterocycles. The third kappa shape index (κ3) is 1.95. The van der Waals surface area contributed by atoms with Crippen LogP contribution in [-0.4, -0.2) is 13.4 Å². The van der Waals surface area contributed by atoms with E-state index in [2.05, 4.69) is 0 Å². The lowest BCUT2D eigenvalue weighted by molar-refractivity contribution is 0.112. The molecule has 1 fully saturated rings. The second-order valence-corrected chi connectivity index (χ2v) is 3.84. The van der Waals surface area contributed by atoms with Gasteiger partial charge in [0.1, 0.15) is 5.75 Å². The Morgan fingerprint density at radius 3 is 2.86 bits per heavy atom. The number of hydrogen-bond acceptors (Lipinski definition) is 2. The van der Waals surface area contributed by atoms with Crippen LogP contribution in [0.3, 0.4) is 0 Å². The summed E-state index contributed by atoms with van der Waals surface area (Å²) in [5.74, 6) is 1.56. The lowest BCUT2D eigenvalue weighted by Crippen LogP contribution is -1.94. The van der Waals surface area contributed by atoms with Crippen molar-refractivity contribution < 1.29 is 9.53 Å². The quantitative estimate of drug-likeness (QED) is 0.682. The molecule has 2 rings (SSSR count). The zero-order chi connectivity index (χ0) is 9.97. The van der Waals surface area contributed by atoms with Gasteiger partial charge in [0.05, 0.1) is 12.7 Å². The Kier molecular flexibility index (Phi) is 2.53. The van der Waals surface area contributed by atoms with Gasteiger partial charge in [-0.1, -0.05) is 6.07 Å². The van der Waals surface area contributed by atoms with Crippen LogP contribution in [0.1, 0.15) is 28.8 Å². The second-order valence-electron chi connectivity index (χ2n) is 3.84. The minimum Gasteiger partial charge on any atom is -0.496 e. The number of ether oxygens (including phenoxy) is 1. The van der Waals surface area contributed by atoms with Crippen LogP contribution in [0, 0.1) is 5.92 Å². The Hall–Kier alpha value is -1.31. The Balaban J connectivity index is 2.20. The summed E-state index contributed by atoms with van der Waals surface area (Å²) in [5, 5.41) is 0. The lowest BCUT2D eigenvalue weighted by Gasteiger charge is -2.06. The van der Waals surface area contributed by atoms with Crippen LogP contribution < -0.4 is 4.74 Å². The first-order valence-electron chi connectivity index (χ1n) is 4.95. The monoisotopic (exact) mass is 190 g/mol. The SMILES string of the molecule is COc1cc(CC2CC2)ccc1C=O. The molecule has 1 saturated carbocycles. The first-order chi connectivity index (χ1) is 6.83. The minimum atomic E-state index is 0.632. The smallest absolute Gasteiger partial charge is 0.153 e. The molecule has 1 aromatic carbocycles. The van der Waals surface area contributed by atoms with Gasteiger partial charge in [-0.05, 0) is 42.9 Å². The number of methoxy groups -OCH3 is 1. The topological polar surface area (TPSA) is 26.3 Å². The van der Waals surface area contributed by atoms with E-state index in [1.165, 1.54) is 18.4 Å². The highest BCUT2D eigenvalue weighted by Gasteiger charge is 2.21. The van der Waals surface area contributed by atoms with Crippen LogP contribution in [0.4, 0.5) is 0 Å². The molecule has 2 nitrogen and oxygen atoms in total. The summed E-state index contributed by atoms with van der Waals surface area (Å²) in [6.45, 7) is 0. The van der Waals surface area contributed by atoms with Gasteiger partial charge in [0.2, 0.25) is 0 Å². The Morgan fingerprint density at radius 1 is 1.50 bits per heavy atom. The highest BCUT2D eigenvalue weighted by Crippen LogP contribution is 2.33. The fourth-order valence-electron chi connectivity index (χ4n) is 1.64. The maximum atomic E-state index is 10.7. The van der Waals surface area contributed by atoms with Crippen molar-refractivity contribution in [2.75, 3.05) is 7.11 Å². The molecule has 1 aliphatic rings. The van der Waals surface area contributed by atoms with Crippen molar-refractivity contribution in [2.24, 2.45) is 5.92 Å². The summed E-state index contributed by atoms with van der Waals surface area (Å²) in [7, 11) is 1.60. The minimum absolute atomic E-state index is 0.632. The Bertz CT molecular complexity index is 340. The maximum absolute atomic E-state index is 10.7. The fraction of sp³-hybridized carbons (Fsp3) is 0.417. The molecule has 0 saturated heterocycles. The van der Waals surface area contributed by atoms with Gasteiger partial charge in [-0.2, -0.15) is 0 Å². The predicted octanol–water partition coefficient (Wildman–Crippen LogP) is 2.46. The molecule has 1 aliphatic carbocycles. The summed E-state index contributed by atoms with van der Waals surface area (Å²) in [4.78, 5) is 10.7. The zero-order valence-electron chi connectivity index (χ0n) is 8.32. The maximum Gasteiger partial charge on any atom is 0.153 e. The molecule has 0 heterocycles. The molecule has 74 valence electrons. The summed E-state index contributed by atoms with van der Waals surface area (Å²) in [5.41, 5.74) is 1.90. The Labute approximate surface area is 83.9 Å². The third-order valence-electron chi connectivity index (χ3n) is 2.65. The highest BCUT2D eigenvalue weighted by atomic mass is 16.5. The van der Waals surface area contributed by atoms with Crippen LogP contribution in [-0.2, 0) is 6.42 Å². The summed E-state index contributed by atoms with van der Waals surface area (Å²) in [6, 6.07) is 5.83. The van der Waals surface area contributed by atoms with Gasteiger partial charge < -0.3 is 4.74 Å². The number of carbonyl (C=O) groups excluding carboxylic acids is 1. The summed E-state index contributed by atoms with van der Waals surface area (Å²) < 4.78 is 5.15. The molecule has 0 aliphatic heterocycles. The molecule has 0 N–H and O–H groups in total. The molecular weight excluding hydrogens is 176 g/mol. The molecule has 1 aromatic rings. The number of aldehydes is 1. The van der Waals surface area contributed by atoms with E-state index in [-0.39, 0.29) is 0 Å². The fourth-order valence-corrected chi connectivity index (χ4v) is 1.64. The van der Waals surface area contributed by atoms with Crippen LogP contribution >= 0.6 is 0 Å². The lowest BCUT2D eigenvalue weighted by atomic mass is 10.1. The Morgan fingerprint density at radius 2 is 2.29 bits per heavy atom. The van der Waals surface area contributed by atoms with E-state index in [4.69, 9.17) is 4.74 Å². The predicted molar refractivity (Wildman–Crippen MR) is 54.8 cm³/mol. The average Bonchev–Trinajstić information content (AvgIpc) is 3.01. The van der Waals surface area contributed by atoms with E-state index in [1.54, 1.807) is 7.11 Å². The molecule has 0 amide bonds. The van der Waals surface area contributed by atoms with Gasteiger partial charge in [-0.15, -0.1) is 0 Å². The van der Waals surface area contributed by atoms with Crippen molar-refractivity contribution in [1.29, 1.82) is 0 Å². The molecule has 0 spiro atoms. The van der Waals surface area contributed by atoms with E-state index in [9.17, 15) is 4.79 Å². The summed E-state index contributed by atoms with van der Waals surface area (Å²) in [6.07, 6.45) is 4.64. The van der Waals surface area contributed by atoms with Crippen molar-refractivity contribution in [1.82, 2.24) is 0 Å². The van der Waals surface area contributed by atoms with E-state index in [1.807, 2.05) is 18.2 Å². The van der Waals surface area contributed by atoms with E-state index >= 15 is 0 Å². The largest absolute Gasteiger partial charge is 0.496 e. The van der Waals surface area contributed by atoms with Crippen LogP contribution in [0.25, 0.3) is 0 Å². The van der Waals surface area contributed by atoms with Gasteiger partial charge in [-0.3, -0.25) is 4.79 Å². The van der Waals surface area contributed by atoms with Crippen molar-refractivity contribution in [3.8, 4) is 5.75 Å². The average molecular weight is 190 g/mol. The van der Waals surface area contributed by atoms with Gasteiger partial charge in [0.15, 0.2) is 6.29 Å². The van der Waals surface area contributed by atoms with Crippen molar-refractivity contribution in [3.05, 3.63) is 29.3 Å². The van der Waals surface area contributed by atoms with E-state index in [0.29, 0.717) is 11.3 Å². The van der Waals surface area contributed by atoms with E-state index < -0.39 is 0 Å². The summed E-state index contributed by atoms with van der Waals surface area (Å²) >= 11 is 0. The normalized spacial score (nSPS) is 15.2. The first kappa shape index (κ1) is 9.25. The number of carbonyl (C=O) groups is 1. The molecule has 0 radical (unpaired) electrons. The molecule has 14 heavy (non-hydrogen) atoms. The number of hydrogen-bond donors (Lipinski definition) is 0. The molecule has 0 bridgehead atoms. The second kappa shape index (κ2) is 3.82. The van der Waals surface area contributed by atoms with Gasteiger partial charge in [-0.25, -0.2) is 0 Å². The number of benzene rings is 1. The van der Waals surface area contributed by atoms with Crippen LogP contribution in [0.15, 0.2) is 18.2 Å². The third-order valence-corrected chi connectivity index (χ3v) is 2.65. The zero-order valence-corrected chi connectivity index (χ0v) is 8.32. The standard InChI is InChI=1S/C12H14O2/c1-14-12-7-10(6-9-2-3-9)4-5-11(12)8-13/h4-5,7-9H,2-3,6H2,1H3. The van der Waals surface area contributed by atoms with Crippen LogP contribution in [0.2, 0.25) is 0 Å². The van der Waals surface area contributed by atoms with Gasteiger partial charge in [0, 0.05) is 0 Å².